The van der Waals surface area contributed by atoms with Crippen molar-refractivity contribution >= 4 is 29.2 Å². The van der Waals surface area contributed by atoms with Gasteiger partial charge in [-0.1, -0.05) is 18.2 Å². The summed E-state index contributed by atoms with van der Waals surface area (Å²) in [4.78, 5) is 29.4. The molecule has 2 amide bonds. The molecule has 0 atom stereocenters. The summed E-state index contributed by atoms with van der Waals surface area (Å²) in [7, 11) is 0. The number of anilines is 4. The molecular formula is C21H22FN7O. The third-order valence-electron chi connectivity index (χ3n) is 4.75. The molecule has 0 aliphatic carbocycles. The fourth-order valence-electron chi connectivity index (χ4n) is 3.24. The predicted molar refractivity (Wildman–Crippen MR) is 113 cm³/mol. The number of benzene rings is 1. The van der Waals surface area contributed by atoms with Crippen LogP contribution in [0.15, 0.2) is 54.7 Å². The van der Waals surface area contributed by atoms with Crippen LogP contribution in [0.4, 0.5) is 32.3 Å². The lowest BCUT2D eigenvalue weighted by Crippen LogP contribution is -2.50. The second-order valence-electron chi connectivity index (χ2n) is 6.88. The Kier molecular flexibility index (Phi) is 5.69. The van der Waals surface area contributed by atoms with Crippen molar-refractivity contribution in [2.75, 3.05) is 41.7 Å². The molecule has 1 aliphatic rings. The average molecular weight is 407 g/mol. The molecule has 0 saturated carbocycles. The first-order valence-electron chi connectivity index (χ1n) is 9.67. The first-order chi connectivity index (χ1) is 14.6. The lowest BCUT2D eigenvalue weighted by Gasteiger charge is -2.35. The highest BCUT2D eigenvalue weighted by molar-refractivity contribution is 5.89. The number of carbonyl (C=O) groups is 1. The van der Waals surface area contributed by atoms with Gasteiger partial charge in [0.05, 0.1) is 5.69 Å². The van der Waals surface area contributed by atoms with Crippen LogP contribution < -0.4 is 15.5 Å². The lowest BCUT2D eigenvalue weighted by atomic mass is 10.3. The number of nitrogens with zero attached hydrogens (tertiary/aromatic N) is 5. The highest BCUT2D eigenvalue weighted by Gasteiger charge is 2.23. The number of aromatic nitrogens is 3. The molecule has 1 saturated heterocycles. The zero-order valence-electron chi connectivity index (χ0n) is 16.5. The second-order valence-corrected chi connectivity index (χ2v) is 6.88. The van der Waals surface area contributed by atoms with E-state index >= 15 is 0 Å². The number of nitrogens with one attached hydrogen (secondary N) is 2. The first kappa shape index (κ1) is 19.6. The van der Waals surface area contributed by atoms with Crippen molar-refractivity contribution in [3.63, 3.8) is 0 Å². The van der Waals surface area contributed by atoms with Gasteiger partial charge in [0.1, 0.15) is 29.1 Å². The quantitative estimate of drug-likeness (QED) is 0.689. The van der Waals surface area contributed by atoms with Gasteiger partial charge in [0.15, 0.2) is 0 Å². The standard InChI is InChI=1S/C21H22FN7O/c1-15-24-19(27-18-8-4-5-9-23-18)14-20(25-15)28-10-12-29(13-11-28)21(30)26-17-7-3-2-6-16(17)22/h2-9,14H,10-13H2,1H3,(H,26,30)(H,23,24,25,27). The first-order valence-corrected chi connectivity index (χ1v) is 9.67. The monoisotopic (exact) mass is 407 g/mol. The van der Waals surface area contributed by atoms with Gasteiger partial charge in [-0.25, -0.2) is 24.1 Å². The number of rotatable bonds is 4. The molecule has 4 rings (SSSR count). The molecule has 8 nitrogen and oxygen atoms in total. The van der Waals surface area contributed by atoms with Crippen LogP contribution in [-0.2, 0) is 0 Å². The van der Waals surface area contributed by atoms with Crippen LogP contribution in [0.2, 0.25) is 0 Å². The van der Waals surface area contributed by atoms with E-state index in [9.17, 15) is 9.18 Å². The van der Waals surface area contributed by atoms with E-state index in [1.165, 1.54) is 6.07 Å². The molecule has 9 heteroatoms. The van der Waals surface area contributed by atoms with Crippen molar-refractivity contribution in [2.24, 2.45) is 0 Å². The van der Waals surface area contributed by atoms with E-state index in [0.29, 0.717) is 43.6 Å². The van der Waals surface area contributed by atoms with Crippen LogP contribution in [0, 0.1) is 12.7 Å². The largest absolute Gasteiger partial charge is 0.353 e. The molecule has 154 valence electrons. The van der Waals surface area contributed by atoms with Gasteiger partial charge in [-0.05, 0) is 31.2 Å². The number of piperazine rings is 1. The third kappa shape index (κ3) is 4.62. The van der Waals surface area contributed by atoms with Crippen LogP contribution in [0.3, 0.4) is 0 Å². The summed E-state index contributed by atoms with van der Waals surface area (Å²) in [6, 6.07) is 13.3. The molecule has 0 unspecified atom stereocenters. The van der Waals surface area contributed by atoms with Gasteiger partial charge < -0.3 is 20.4 Å². The molecule has 1 aliphatic heterocycles. The fraction of sp³-hybridized carbons (Fsp3) is 0.238. The maximum Gasteiger partial charge on any atom is 0.322 e. The Balaban J connectivity index is 1.39. The van der Waals surface area contributed by atoms with Gasteiger partial charge in [-0.3, -0.25) is 0 Å². The maximum absolute atomic E-state index is 13.8. The summed E-state index contributed by atoms with van der Waals surface area (Å²) in [6.07, 6.45) is 1.71. The molecule has 3 aromatic rings. The molecule has 30 heavy (non-hydrogen) atoms. The van der Waals surface area contributed by atoms with Crippen molar-refractivity contribution in [2.45, 2.75) is 6.92 Å². The smallest absolute Gasteiger partial charge is 0.322 e. The van der Waals surface area contributed by atoms with Gasteiger partial charge in [0.2, 0.25) is 0 Å². The Morgan fingerprint density at radius 1 is 1.00 bits per heavy atom. The predicted octanol–water partition coefficient (Wildman–Crippen LogP) is 3.42. The van der Waals surface area contributed by atoms with Crippen LogP contribution in [-0.4, -0.2) is 52.1 Å². The SMILES string of the molecule is Cc1nc(Nc2ccccn2)cc(N2CCN(C(=O)Nc3ccccc3F)CC2)n1. The van der Waals surface area contributed by atoms with E-state index in [2.05, 4.69) is 30.5 Å². The zero-order chi connectivity index (χ0) is 20.9. The van der Waals surface area contributed by atoms with E-state index in [1.807, 2.05) is 31.2 Å². The van der Waals surface area contributed by atoms with Crippen molar-refractivity contribution < 1.29 is 9.18 Å². The van der Waals surface area contributed by atoms with Crippen LogP contribution in [0.1, 0.15) is 5.82 Å². The fourth-order valence-corrected chi connectivity index (χ4v) is 3.24. The third-order valence-corrected chi connectivity index (χ3v) is 4.75. The highest BCUT2D eigenvalue weighted by Crippen LogP contribution is 2.20. The highest BCUT2D eigenvalue weighted by atomic mass is 19.1. The number of hydrogen-bond donors (Lipinski definition) is 2. The zero-order valence-corrected chi connectivity index (χ0v) is 16.5. The van der Waals surface area contributed by atoms with Crippen molar-refractivity contribution in [1.82, 2.24) is 19.9 Å². The summed E-state index contributed by atoms with van der Waals surface area (Å²) >= 11 is 0. The summed E-state index contributed by atoms with van der Waals surface area (Å²) in [5.41, 5.74) is 0.182. The van der Waals surface area contributed by atoms with Gasteiger partial charge >= 0.3 is 6.03 Å². The maximum atomic E-state index is 13.8. The van der Waals surface area contributed by atoms with E-state index in [0.717, 1.165) is 5.82 Å². The Bertz CT molecular complexity index is 1020. The number of halogens is 1. The number of hydrogen-bond acceptors (Lipinski definition) is 6. The van der Waals surface area contributed by atoms with E-state index in [-0.39, 0.29) is 11.7 Å². The molecule has 3 heterocycles. The van der Waals surface area contributed by atoms with Gasteiger partial charge in [-0.15, -0.1) is 0 Å². The van der Waals surface area contributed by atoms with Crippen LogP contribution in [0.25, 0.3) is 0 Å². The van der Waals surface area contributed by atoms with Gasteiger partial charge in [0, 0.05) is 38.4 Å². The topological polar surface area (TPSA) is 86.3 Å². The van der Waals surface area contributed by atoms with Crippen molar-refractivity contribution in [1.29, 1.82) is 0 Å². The summed E-state index contributed by atoms with van der Waals surface area (Å²) in [5.74, 6) is 2.35. The van der Waals surface area contributed by atoms with Crippen molar-refractivity contribution in [3.8, 4) is 0 Å². The Morgan fingerprint density at radius 2 is 1.77 bits per heavy atom. The van der Waals surface area contributed by atoms with Gasteiger partial charge in [0.25, 0.3) is 0 Å². The molecular weight excluding hydrogens is 385 g/mol. The minimum atomic E-state index is -0.450. The Labute approximate surface area is 173 Å². The molecule has 0 bridgehead atoms. The van der Waals surface area contributed by atoms with Crippen molar-refractivity contribution in [3.05, 3.63) is 66.4 Å². The number of aryl methyl sites for hydroxylation is 1. The van der Waals surface area contributed by atoms with Crippen LogP contribution in [0.5, 0.6) is 0 Å². The van der Waals surface area contributed by atoms with Crippen LogP contribution >= 0.6 is 0 Å². The number of carbonyl (C=O) groups excluding carboxylic acids is 1. The number of pyridine rings is 1. The normalized spacial score (nSPS) is 13.8. The Hall–Kier alpha value is -3.75. The number of amides is 2. The molecule has 0 spiro atoms. The summed E-state index contributed by atoms with van der Waals surface area (Å²) in [5, 5.41) is 5.82. The molecule has 1 aromatic carbocycles. The van der Waals surface area contributed by atoms with Gasteiger partial charge in [-0.2, -0.15) is 0 Å². The summed E-state index contributed by atoms with van der Waals surface area (Å²) in [6.45, 7) is 4.08. The van der Waals surface area contributed by atoms with E-state index in [4.69, 9.17) is 0 Å². The summed E-state index contributed by atoms with van der Waals surface area (Å²) < 4.78 is 13.8. The number of urea groups is 1. The second kappa shape index (κ2) is 8.73. The molecule has 1 fully saturated rings. The lowest BCUT2D eigenvalue weighted by molar-refractivity contribution is 0.208. The number of para-hydroxylation sites is 1. The van der Waals surface area contributed by atoms with E-state index in [1.54, 1.807) is 29.3 Å². The molecule has 0 radical (unpaired) electrons. The van der Waals surface area contributed by atoms with E-state index < -0.39 is 5.82 Å². The minimum Gasteiger partial charge on any atom is -0.353 e. The molecule has 2 N–H and O–H groups in total. The average Bonchev–Trinajstić information content (AvgIpc) is 2.76. The minimum absolute atomic E-state index is 0.182. The molecule has 2 aromatic heterocycles. The Morgan fingerprint density at radius 3 is 2.50 bits per heavy atom.